The number of methoxy groups -OCH3 is 1. The first kappa shape index (κ1) is 13.6. The molecule has 1 aromatic heterocycles. The van der Waals surface area contributed by atoms with Crippen LogP contribution in [0.5, 0.6) is 0 Å². The van der Waals surface area contributed by atoms with Crippen LogP contribution in [0, 0.1) is 0 Å². The Labute approximate surface area is 127 Å². The summed E-state index contributed by atoms with van der Waals surface area (Å²) in [5, 5.41) is 2.35. The SMILES string of the molecule is COC(=O)c1ccc2c(=O)n3c(nc2c1)SC(CBr)C3. The lowest BCUT2D eigenvalue weighted by atomic mass is 10.1. The van der Waals surface area contributed by atoms with Crippen molar-refractivity contribution in [2.45, 2.75) is 17.0 Å². The standard InChI is InChI=1S/C13H11BrN2O3S/c1-19-12(18)7-2-3-9-10(4-7)15-13-16(11(9)17)6-8(5-14)20-13/h2-4,8H,5-6H2,1H3. The second-order valence-electron chi connectivity index (χ2n) is 4.43. The summed E-state index contributed by atoms with van der Waals surface area (Å²) >= 11 is 5.00. The number of hydrogen-bond acceptors (Lipinski definition) is 5. The summed E-state index contributed by atoms with van der Waals surface area (Å²) in [6, 6.07) is 4.83. The summed E-state index contributed by atoms with van der Waals surface area (Å²) in [6.07, 6.45) is 0. The zero-order valence-corrected chi connectivity index (χ0v) is 13.0. The van der Waals surface area contributed by atoms with Gasteiger partial charge in [0.2, 0.25) is 0 Å². The van der Waals surface area contributed by atoms with E-state index >= 15 is 0 Å². The smallest absolute Gasteiger partial charge is 0.337 e. The molecule has 0 radical (unpaired) electrons. The van der Waals surface area contributed by atoms with Crippen molar-refractivity contribution >= 4 is 44.6 Å². The van der Waals surface area contributed by atoms with Crippen molar-refractivity contribution in [3.05, 3.63) is 34.1 Å². The van der Waals surface area contributed by atoms with Crippen molar-refractivity contribution in [3.8, 4) is 0 Å². The monoisotopic (exact) mass is 354 g/mol. The van der Waals surface area contributed by atoms with Crippen LogP contribution in [-0.2, 0) is 11.3 Å². The van der Waals surface area contributed by atoms with Gasteiger partial charge in [0.1, 0.15) is 0 Å². The van der Waals surface area contributed by atoms with Crippen LogP contribution in [0.2, 0.25) is 0 Å². The second kappa shape index (κ2) is 5.21. The number of benzene rings is 1. The molecule has 1 unspecified atom stereocenters. The van der Waals surface area contributed by atoms with E-state index in [4.69, 9.17) is 0 Å². The molecule has 2 aromatic rings. The fourth-order valence-corrected chi connectivity index (χ4v) is 3.79. The molecule has 0 bridgehead atoms. The Morgan fingerprint density at radius 3 is 3.10 bits per heavy atom. The van der Waals surface area contributed by atoms with Gasteiger partial charge in [0.05, 0.1) is 23.6 Å². The zero-order chi connectivity index (χ0) is 14.3. The molecule has 0 amide bonds. The van der Waals surface area contributed by atoms with E-state index in [0.29, 0.717) is 33.4 Å². The highest BCUT2D eigenvalue weighted by atomic mass is 79.9. The van der Waals surface area contributed by atoms with Gasteiger partial charge in [0.15, 0.2) is 5.16 Å². The minimum Gasteiger partial charge on any atom is -0.465 e. The van der Waals surface area contributed by atoms with Crippen LogP contribution in [0.25, 0.3) is 10.9 Å². The minimum atomic E-state index is -0.430. The van der Waals surface area contributed by atoms with Crippen LogP contribution in [0.4, 0.5) is 0 Å². The lowest BCUT2D eigenvalue weighted by molar-refractivity contribution is 0.0601. The maximum absolute atomic E-state index is 12.4. The summed E-state index contributed by atoms with van der Waals surface area (Å²) < 4.78 is 6.37. The third-order valence-electron chi connectivity index (χ3n) is 3.17. The molecule has 1 aromatic carbocycles. The first-order valence-electron chi connectivity index (χ1n) is 5.99. The van der Waals surface area contributed by atoms with Gasteiger partial charge < -0.3 is 4.74 Å². The Morgan fingerprint density at radius 2 is 2.40 bits per heavy atom. The maximum Gasteiger partial charge on any atom is 0.337 e. The third kappa shape index (κ3) is 2.14. The second-order valence-corrected chi connectivity index (χ2v) is 6.34. The van der Waals surface area contributed by atoms with Gasteiger partial charge in [0, 0.05) is 17.1 Å². The highest BCUT2D eigenvalue weighted by Crippen LogP contribution is 2.31. The Hall–Kier alpha value is -1.34. The summed E-state index contributed by atoms with van der Waals surface area (Å²) in [4.78, 5) is 28.4. The molecule has 7 heteroatoms. The Balaban J connectivity index is 2.17. The molecule has 3 rings (SSSR count). The van der Waals surface area contributed by atoms with Gasteiger partial charge in [-0.3, -0.25) is 9.36 Å². The fourth-order valence-electron chi connectivity index (χ4n) is 2.17. The number of nitrogens with zero attached hydrogens (tertiary/aromatic N) is 2. The molecule has 1 aliphatic heterocycles. The number of alkyl halides is 1. The number of fused-ring (bicyclic) bond motifs is 2. The molecule has 20 heavy (non-hydrogen) atoms. The number of ether oxygens (including phenoxy) is 1. The van der Waals surface area contributed by atoms with E-state index in [9.17, 15) is 9.59 Å². The van der Waals surface area contributed by atoms with Crippen molar-refractivity contribution in [2.24, 2.45) is 0 Å². The summed E-state index contributed by atoms with van der Waals surface area (Å²) in [6.45, 7) is 0.659. The number of esters is 1. The quantitative estimate of drug-likeness (QED) is 0.469. The summed E-state index contributed by atoms with van der Waals surface area (Å²) in [5.74, 6) is -0.430. The Morgan fingerprint density at radius 1 is 1.60 bits per heavy atom. The molecule has 2 heterocycles. The average molecular weight is 355 g/mol. The Bertz CT molecular complexity index is 759. The van der Waals surface area contributed by atoms with E-state index in [1.807, 2.05) is 0 Å². The van der Waals surface area contributed by atoms with Crippen molar-refractivity contribution < 1.29 is 9.53 Å². The molecule has 0 spiro atoms. The molecule has 0 fully saturated rings. The largest absolute Gasteiger partial charge is 0.465 e. The molecule has 104 valence electrons. The first-order chi connectivity index (χ1) is 9.63. The van der Waals surface area contributed by atoms with Crippen molar-refractivity contribution in [1.29, 1.82) is 0 Å². The van der Waals surface area contributed by atoms with E-state index in [1.54, 1.807) is 34.5 Å². The number of carbonyl (C=O) groups excluding carboxylic acids is 1. The van der Waals surface area contributed by atoms with Crippen LogP contribution in [0.1, 0.15) is 10.4 Å². The first-order valence-corrected chi connectivity index (χ1v) is 7.99. The molecule has 1 atom stereocenters. The molecular weight excluding hydrogens is 344 g/mol. The fraction of sp³-hybridized carbons (Fsp3) is 0.308. The number of carbonyl (C=O) groups is 1. The van der Waals surface area contributed by atoms with Crippen molar-refractivity contribution in [2.75, 3.05) is 12.4 Å². The molecule has 0 saturated carbocycles. The van der Waals surface area contributed by atoms with Gasteiger partial charge in [-0.25, -0.2) is 9.78 Å². The molecule has 0 aliphatic carbocycles. The van der Waals surface area contributed by atoms with E-state index in [-0.39, 0.29) is 5.56 Å². The number of rotatable bonds is 2. The predicted molar refractivity (Wildman–Crippen MR) is 80.8 cm³/mol. The zero-order valence-electron chi connectivity index (χ0n) is 10.6. The highest BCUT2D eigenvalue weighted by molar-refractivity contribution is 9.09. The molecular formula is C13H11BrN2O3S. The van der Waals surface area contributed by atoms with Crippen molar-refractivity contribution in [1.82, 2.24) is 9.55 Å². The van der Waals surface area contributed by atoms with E-state index in [0.717, 1.165) is 5.33 Å². The summed E-state index contributed by atoms with van der Waals surface area (Å²) in [5.41, 5.74) is 0.876. The van der Waals surface area contributed by atoms with Crippen molar-refractivity contribution in [3.63, 3.8) is 0 Å². The van der Waals surface area contributed by atoms with E-state index in [2.05, 4.69) is 25.7 Å². The molecule has 0 saturated heterocycles. The molecule has 1 aliphatic rings. The van der Waals surface area contributed by atoms with E-state index in [1.165, 1.54) is 7.11 Å². The van der Waals surface area contributed by atoms with Gasteiger partial charge in [-0.2, -0.15) is 0 Å². The maximum atomic E-state index is 12.4. The molecule has 0 N–H and O–H groups in total. The van der Waals surface area contributed by atoms with Crippen LogP contribution < -0.4 is 5.56 Å². The number of thioether (sulfide) groups is 1. The Kier molecular flexibility index (Phi) is 3.55. The number of aromatic nitrogens is 2. The lowest BCUT2D eigenvalue weighted by Gasteiger charge is -2.05. The van der Waals surface area contributed by atoms with Crippen LogP contribution in [0.3, 0.4) is 0 Å². The third-order valence-corrected chi connectivity index (χ3v) is 5.55. The average Bonchev–Trinajstić information content (AvgIpc) is 2.89. The summed E-state index contributed by atoms with van der Waals surface area (Å²) in [7, 11) is 1.33. The number of halogens is 1. The predicted octanol–water partition coefficient (Wildman–Crippen LogP) is 2.05. The van der Waals surface area contributed by atoms with Gasteiger partial charge in [-0.05, 0) is 18.2 Å². The van der Waals surface area contributed by atoms with Gasteiger partial charge >= 0.3 is 5.97 Å². The minimum absolute atomic E-state index is 0.0580. The van der Waals surface area contributed by atoms with Gasteiger partial charge in [-0.1, -0.05) is 27.7 Å². The van der Waals surface area contributed by atoms with Crippen LogP contribution in [-0.4, -0.2) is 33.2 Å². The lowest BCUT2D eigenvalue weighted by Crippen LogP contribution is -2.22. The molecule has 5 nitrogen and oxygen atoms in total. The van der Waals surface area contributed by atoms with Crippen LogP contribution in [0.15, 0.2) is 28.2 Å². The topological polar surface area (TPSA) is 61.2 Å². The van der Waals surface area contributed by atoms with E-state index < -0.39 is 5.97 Å². The van der Waals surface area contributed by atoms with Crippen LogP contribution >= 0.6 is 27.7 Å². The number of hydrogen-bond donors (Lipinski definition) is 0. The van der Waals surface area contributed by atoms with Gasteiger partial charge in [-0.15, -0.1) is 0 Å². The van der Waals surface area contributed by atoms with Gasteiger partial charge in [0.25, 0.3) is 5.56 Å². The highest BCUT2D eigenvalue weighted by Gasteiger charge is 2.25. The normalized spacial score (nSPS) is 17.2.